The minimum Gasteiger partial charge on any atom is -0.356 e. The number of nitrogens with zero attached hydrogens (tertiary/aromatic N) is 1. The third-order valence-electron chi connectivity index (χ3n) is 4.56. The molecule has 1 spiro atoms. The number of fused-ring (bicyclic) bond motifs is 1. The normalized spacial score (nSPS) is 20.6. The zero-order valence-electron chi connectivity index (χ0n) is 11.8. The summed E-state index contributed by atoms with van der Waals surface area (Å²) in [5.41, 5.74) is -1.07. The zero-order chi connectivity index (χ0) is 15.3. The van der Waals surface area contributed by atoms with E-state index in [-0.39, 0.29) is 11.6 Å². The Balaban J connectivity index is 2.17. The standard InChI is InChI=1S/C15H17F3N2O/c1-2-20-11-7-5-6-10(15(16,17)18)12(11)19-13(21)14(20)8-3-4-9-14/h5-7H,2-4,8-9H2,1H3,(H,19,21). The van der Waals surface area contributed by atoms with Gasteiger partial charge in [-0.3, -0.25) is 4.79 Å². The summed E-state index contributed by atoms with van der Waals surface area (Å²) in [7, 11) is 0. The van der Waals surface area contributed by atoms with Crippen LogP contribution in [0.4, 0.5) is 24.5 Å². The highest BCUT2D eigenvalue weighted by Crippen LogP contribution is 2.48. The Bertz CT molecular complexity index is 577. The van der Waals surface area contributed by atoms with Gasteiger partial charge in [0.25, 0.3) is 0 Å². The number of nitrogens with one attached hydrogen (secondary N) is 1. The van der Waals surface area contributed by atoms with Gasteiger partial charge in [0.2, 0.25) is 5.91 Å². The fraction of sp³-hybridized carbons (Fsp3) is 0.533. The van der Waals surface area contributed by atoms with Gasteiger partial charge in [-0.2, -0.15) is 13.2 Å². The summed E-state index contributed by atoms with van der Waals surface area (Å²) in [6, 6.07) is 4.08. The zero-order valence-corrected chi connectivity index (χ0v) is 11.8. The molecule has 0 aromatic heterocycles. The number of amides is 1. The predicted molar refractivity (Wildman–Crippen MR) is 74.3 cm³/mol. The van der Waals surface area contributed by atoms with Gasteiger partial charge in [0.05, 0.1) is 16.9 Å². The van der Waals surface area contributed by atoms with Gasteiger partial charge >= 0.3 is 6.18 Å². The number of hydrogen-bond acceptors (Lipinski definition) is 2. The molecule has 3 rings (SSSR count). The van der Waals surface area contributed by atoms with Gasteiger partial charge in [-0.15, -0.1) is 0 Å². The number of anilines is 2. The lowest BCUT2D eigenvalue weighted by atomic mass is 9.89. The number of rotatable bonds is 1. The van der Waals surface area contributed by atoms with E-state index in [1.54, 1.807) is 6.07 Å². The van der Waals surface area contributed by atoms with Crippen LogP contribution >= 0.6 is 0 Å². The first kappa shape index (κ1) is 14.2. The van der Waals surface area contributed by atoms with E-state index in [1.807, 2.05) is 11.8 Å². The van der Waals surface area contributed by atoms with Crippen molar-refractivity contribution >= 4 is 17.3 Å². The molecule has 1 fully saturated rings. The van der Waals surface area contributed by atoms with Gasteiger partial charge in [0, 0.05) is 6.54 Å². The third-order valence-corrected chi connectivity index (χ3v) is 4.56. The van der Waals surface area contributed by atoms with Crippen LogP contribution in [0.5, 0.6) is 0 Å². The van der Waals surface area contributed by atoms with Crippen LogP contribution in [0.25, 0.3) is 0 Å². The fourth-order valence-electron chi connectivity index (χ4n) is 3.65. The van der Waals surface area contributed by atoms with E-state index < -0.39 is 17.3 Å². The van der Waals surface area contributed by atoms with Gasteiger partial charge in [-0.1, -0.05) is 18.9 Å². The lowest BCUT2D eigenvalue weighted by Gasteiger charge is -2.46. The number of hydrogen-bond donors (Lipinski definition) is 1. The summed E-state index contributed by atoms with van der Waals surface area (Å²) in [5.74, 6) is -0.300. The first-order valence-electron chi connectivity index (χ1n) is 7.19. The van der Waals surface area contributed by atoms with Crippen molar-refractivity contribution < 1.29 is 18.0 Å². The molecule has 0 unspecified atom stereocenters. The van der Waals surface area contributed by atoms with Gasteiger partial charge < -0.3 is 10.2 Å². The molecule has 0 saturated heterocycles. The number of likely N-dealkylation sites (N-methyl/N-ethyl adjacent to an activating group) is 1. The van der Waals surface area contributed by atoms with E-state index in [4.69, 9.17) is 0 Å². The van der Waals surface area contributed by atoms with E-state index in [9.17, 15) is 18.0 Å². The Labute approximate surface area is 121 Å². The van der Waals surface area contributed by atoms with Crippen molar-refractivity contribution in [1.82, 2.24) is 0 Å². The van der Waals surface area contributed by atoms with Crippen molar-refractivity contribution in [2.24, 2.45) is 0 Å². The Hall–Kier alpha value is -1.72. The maximum absolute atomic E-state index is 13.1. The minimum absolute atomic E-state index is 0.102. The molecular weight excluding hydrogens is 281 g/mol. The lowest BCUT2D eigenvalue weighted by molar-refractivity contribution is -0.137. The minimum atomic E-state index is -4.47. The highest BCUT2D eigenvalue weighted by atomic mass is 19.4. The third kappa shape index (κ3) is 2.00. The van der Waals surface area contributed by atoms with E-state index >= 15 is 0 Å². The second kappa shape index (κ2) is 4.64. The van der Waals surface area contributed by atoms with Crippen LogP contribution in [-0.4, -0.2) is 18.0 Å². The molecule has 0 atom stereocenters. The number of alkyl halides is 3. The van der Waals surface area contributed by atoms with Gasteiger partial charge in [0.1, 0.15) is 5.54 Å². The smallest absolute Gasteiger partial charge is 0.356 e. The highest BCUT2D eigenvalue weighted by Gasteiger charge is 2.50. The second-order valence-corrected chi connectivity index (χ2v) is 5.63. The molecule has 2 aliphatic rings. The summed E-state index contributed by atoms with van der Waals surface area (Å²) in [4.78, 5) is 14.4. The molecule has 0 bridgehead atoms. The van der Waals surface area contributed by atoms with Gasteiger partial charge in [-0.25, -0.2) is 0 Å². The fourth-order valence-corrected chi connectivity index (χ4v) is 3.65. The van der Waals surface area contributed by atoms with Crippen molar-refractivity contribution in [3.05, 3.63) is 23.8 Å². The Morgan fingerprint density at radius 3 is 2.52 bits per heavy atom. The summed E-state index contributed by atoms with van der Waals surface area (Å²) in [6.07, 6.45) is -1.22. The summed E-state index contributed by atoms with van der Waals surface area (Å²) < 4.78 is 39.4. The van der Waals surface area contributed by atoms with Crippen LogP contribution in [0.15, 0.2) is 18.2 Å². The highest BCUT2D eigenvalue weighted by molar-refractivity contribution is 6.07. The van der Waals surface area contributed by atoms with Crippen LogP contribution in [0, 0.1) is 0 Å². The lowest BCUT2D eigenvalue weighted by Crippen LogP contribution is -2.58. The maximum Gasteiger partial charge on any atom is 0.418 e. The van der Waals surface area contributed by atoms with Crippen molar-refractivity contribution in [1.29, 1.82) is 0 Å². The second-order valence-electron chi connectivity index (χ2n) is 5.63. The molecule has 0 radical (unpaired) electrons. The molecule has 114 valence electrons. The molecule has 3 nitrogen and oxygen atoms in total. The van der Waals surface area contributed by atoms with Crippen molar-refractivity contribution in [3.8, 4) is 0 Å². The van der Waals surface area contributed by atoms with Gasteiger partial charge in [0.15, 0.2) is 0 Å². The predicted octanol–water partition coefficient (Wildman–Crippen LogP) is 3.80. The Kier molecular flexibility index (Phi) is 3.15. The summed E-state index contributed by atoms with van der Waals surface area (Å²) in [5, 5.41) is 2.53. The van der Waals surface area contributed by atoms with E-state index in [2.05, 4.69) is 5.32 Å². The van der Waals surface area contributed by atoms with Crippen molar-refractivity contribution in [2.45, 2.75) is 44.3 Å². The molecule has 6 heteroatoms. The van der Waals surface area contributed by atoms with Crippen LogP contribution < -0.4 is 10.2 Å². The molecule has 1 aliphatic carbocycles. The SMILES string of the molecule is CCN1c2cccc(C(F)(F)F)c2NC(=O)C12CCCC2. The van der Waals surface area contributed by atoms with Gasteiger partial charge in [-0.05, 0) is 31.9 Å². The number of benzene rings is 1. The van der Waals surface area contributed by atoms with E-state index in [1.165, 1.54) is 6.07 Å². The summed E-state index contributed by atoms with van der Waals surface area (Å²) >= 11 is 0. The molecule has 1 aliphatic heterocycles. The maximum atomic E-state index is 13.1. The van der Waals surface area contributed by atoms with E-state index in [0.29, 0.717) is 25.1 Å². The van der Waals surface area contributed by atoms with Crippen LogP contribution in [0.1, 0.15) is 38.2 Å². The average Bonchev–Trinajstić information content (AvgIpc) is 2.89. The first-order chi connectivity index (χ1) is 9.90. The topological polar surface area (TPSA) is 32.3 Å². The largest absolute Gasteiger partial charge is 0.418 e. The van der Waals surface area contributed by atoms with Crippen molar-refractivity contribution in [3.63, 3.8) is 0 Å². The summed E-state index contributed by atoms with van der Waals surface area (Å²) in [6.45, 7) is 2.39. The molecule has 1 saturated carbocycles. The first-order valence-corrected chi connectivity index (χ1v) is 7.19. The molecular formula is C15H17F3N2O. The molecule has 21 heavy (non-hydrogen) atoms. The van der Waals surface area contributed by atoms with Crippen LogP contribution in [-0.2, 0) is 11.0 Å². The monoisotopic (exact) mass is 298 g/mol. The van der Waals surface area contributed by atoms with Crippen LogP contribution in [0.3, 0.4) is 0 Å². The number of halogens is 3. The van der Waals surface area contributed by atoms with E-state index in [0.717, 1.165) is 18.9 Å². The number of para-hydroxylation sites is 1. The Morgan fingerprint density at radius 1 is 1.29 bits per heavy atom. The molecule has 1 amide bonds. The quantitative estimate of drug-likeness (QED) is 0.855. The Morgan fingerprint density at radius 2 is 1.95 bits per heavy atom. The molecule has 1 aromatic rings. The molecule has 1 N–H and O–H groups in total. The molecule has 1 heterocycles. The number of carbonyl (C=O) groups is 1. The van der Waals surface area contributed by atoms with Crippen LogP contribution in [0.2, 0.25) is 0 Å². The average molecular weight is 298 g/mol. The van der Waals surface area contributed by atoms with Crippen molar-refractivity contribution in [2.75, 3.05) is 16.8 Å². The molecule has 1 aromatic carbocycles. The number of carbonyl (C=O) groups excluding carboxylic acids is 1.